The highest BCUT2D eigenvalue weighted by molar-refractivity contribution is 7.21. The molecule has 134 valence electrons. The third-order valence-corrected chi connectivity index (χ3v) is 5.68. The molecule has 4 rings (SSSR count). The van der Waals surface area contributed by atoms with Crippen molar-refractivity contribution in [1.82, 2.24) is 0 Å². The highest BCUT2D eigenvalue weighted by Gasteiger charge is 2.18. The molecule has 0 saturated heterocycles. The highest BCUT2D eigenvalue weighted by atomic mass is 32.1. The average molecular weight is 376 g/mol. The van der Waals surface area contributed by atoms with Crippen LogP contribution in [0.4, 0.5) is 0 Å². The molecule has 0 spiro atoms. The average Bonchev–Trinajstić information content (AvgIpc) is 3.16. The van der Waals surface area contributed by atoms with Crippen molar-refractivity contribution in [3.8, 4) is 11.1 Å². The van der Waals surface area contributed by atoms with Gasteiger partial charge in [-0.2, -0.15) is 0 Å². The van der Waals surface area contributed by atoms with Gasteiger partial charge in [-0.15, -0.1) is 11.3 Å². The quantitative estimate of drug-likeness (QED) is 0.456. The van der Waals surface area contributed by atoms with Crippen LogP contribution < -0.4 is 0 Å². The van der Waals surface area contributed by atoms with Crippen molar-refractivity contribution in [3.05, 3.63) is 71.1 Å². The molecule has 0 aliphatic carbocycles. The van der Waals surface area contributed by atoms with E-state index in [9.17, 15) is 9.59 Å². The molecule has 1 aromatic heterocycles. The van der Waals surface area contributed by atoms with Crippen LogP contribution in [0, 0.1) is 0 Å². The monoisotopic (exact) mass is 376 g/mol. The zero-order valence-electron chi connectivity index (χ0n) is 14.8. The van der Waals surface area contributed by atoms with Crippen LogP contribution in [0.1, 0.15) is 20.0 Å². The van der Waals surface area contributed by atoms with Crippen LogP contribution in [-0.4, -0.2) is 26.2 Å². The van der Waals surface area contributed by atoms with Gasteiger partial charge in [-0.3, -0.25) is 0 Å². The first-order chi connectivity index (χ1) is 13.1. The Balaban J connectivity index is 2.07. The smallest absolute Gasteiger partial charge is 0.348 e. The van der Waals surface area contributed by atoms with E-state index in [4.69, 9.17) is 9.47 Å². The number of esters is 2. The molecule has 4 aromatic rings. The number of hydrogen-bond acceptors (Lipinski definition) is 5. The van der Waals surface area contributed by atoms with Crippen LogP contribution in [0.15, 0.2) is 60.7 Å². The maximum Gasteiger partial charge on any atom is 0.348 e. The number of carbonyl (C=O) groups excluding carboxylic acids is 2. The van der Waals surface area contributed by atoms with Gasteiger partial charge in [0.25, 0.3) is 0 Å². The first kappa shape index (κ1) is 17.2. The third-order valence-electron chi connectivity index (χ3n) is 4.54. The third kappa shape index (κ3) is 2.86. The summed E-state index contributed by atoms with van der Waals surface area (Å²) in [6, 6.07) is 19.2. The van der Waals surface area contributed by atoms with Gasteiger partial charge in [0, 0.05) is 10.1 Å². The van der Waals surface area contributed by atoms with Gasteiger partial charge in [0.15, 0.2) is 0 Å². The van der Waals surface area contributed by atoms with Gasteiger partial charge in [0.1, 0.15) is 4.88 Å². The highest BCUT2D eigenvalue weighted by Crippen LogP contribution is 2.39. The molecule has 0 amide bonds. The number of rotatable bonds is 3. The molecular formula is C22H16O4S. The van der Waals surface area contributed by atoms with Crippen molar-refractivity contribution < 1.29 is 19.1 Å². The van der Waals surface area contributed by atoms with E-state index < -0.39 is 0 Å². The summed E-state index contributed by atoms with van der Waals surface area (Å²) in [6.07, 6.45) is 0. The molecular weight excluding hydrogens is 360 g/mol. The number of carbonyl (C=O) groups is 2. The lowest BCUT2D eigenvalue weighted by Gasteiger charge is -2.11. The molecule has 0 radical (unpaired) electrons. The van der Waals surface area contributed by atoms with E-state index in [0.29, 0.717) is 10.4 Å². The van der Waals surface area contributed by atoms with Crippen molar-refractivity contribution in [2.24, 2.45) is 0 Å². The Morgan fingerprint density at radius 2 is 1.48 bits per heavy atom. The Morgan fingerprint density at radius 3 is 2.26 bits per heavy atom. The van der Waals surface area contributed by atoms with Crippen molar-refractivity contribution in [2.45, 2.75) is 0 Å². The Labute approximate surface area is 160 Å². The number of ether oxygens (including phenoxy) is 2. The molecule has 0 N–H and O–H groups in total. The van der Waals surface area contributed by atoms with Crippen LogP contribution in [0.5, 0.6) is 0 Å². The van der Waals surface area contributed by atoms with Crippen LogP contribution in [-0.2, 0) is 9.47 Å². The van der Waals surface area contributed by atoms with Gasteiger partial charge in [-0.1, -0.05) is 48.5 Å². The predicted octanol–water partition coefficient (Wildman–Crippen LogP) is 5.29. The van der Waals surface area contributed by atoms with Gasteiger partial charge in [0.2, 0.25) is 0 Å². The van der Waals surface area contributed by atoms with Crippen molar-refractivity contribution in [3.63, 3.8) is 0 Å². The summed E-state index contributed by atoms with van der Waals surface area (Å²) >= 11 is 1.40. The molecule has 5 heteroatoms. The lowest BCUT2D eigenvalue weighted by atomic mass is 9.94. The maximum atomic E-state index is 12.3. The van der Waals surface area contributed by atoms with Crippen molar-refractivity contribution >= 4 is 44.1 Å². The van der Waals surface area contributed by atoms with Gasteiger partial charge >= 0.3 is 11.9 Å². The van der Waals surface area contributed by atoms with Crippen molar-refractivity contribution in [1.29, 1.82) is 0 Å². The lowest BCUT2D eigenvalue weighted by molar-refractivity contribution is 0.0594. The summed E-state index contributed by atoms with van der Waals surface area (Å²) < 4.78 is 10.8. The van der Waals surface area contributed by atoms with E-state index in [2.05, 4.69) is 0 Å². The van der Waals surface area contributed by atoms with E-state index in [0.717, 1.165) is 32.0 Å². The van der Waals surface area contributed by atoms with E-state index in [1.165, 1.54) is 25.6 Å². The summed E-state index contributed by atoms with van der Waals surface area (Å²) in [4.78, 5) is 24.8. The van der Waals surface area contributed by atoms with Gasteiger partial charge in [0.05, 0.1) is 19.8 Å². The van der Waals surface area contributed by atoms with Crippen LogP contribution in [0.2, 0.25) is 0 Å². The fourth-order valence-corrected chi connectivity index (χ4v) is 4.45. The summed E-state index contributed by atoms with van der Waals surface area (Å²) in [5, 5.41) is 3.01. The van der Waals surface area contributed by atoms with E-state index >= 15 is 0 Å². The second-order valence-corrected chi connectivity index (χ2v) is 7.08. The fraction of sp³-hybridized carbons (Fsp3) is 0.0909. The zero-order chi connectivity index (χ0) is 19.0. The van der Waals surface area contributed by atoms with Crippen LogP contribution in [0.25, 0.3) is 32.0 Å². The zero-order valence-corrected chi connectivity index (χ0v) is 15.6. The van der Waals surface area contributed by atoms with E-state index in [1.807, 2.05) is 54.6 Å². The van der Waals surface area contributed by atoms with Gasteiger partial charge in [-0.25, -0.2) is 9.59 Å². The molecule has 0 fully saturated rings. The van der Waals surface area contributed by atoms with Gasteiger partial charge in [-0.05, 0) is 34.0 Å². The standard InChI is InChI=1S/C22H16O4S/c1-25-21(23)17-8-4-3-7-15(17)16-9-5-6-13-10-11-14-12-18(22(24)26-2)27-20(14)19(13)16/h3-12H,1-2H3. The number of methoxy groups -OCH3 is 2. The first-order valence-corrected chi connectivity index (χ1v) is 9.17. The molecule has 0 unspecified atom stereocenters. The predicted molar refractivity (Wildman–Crippen MR) is 107 cm³/mol. The molecule has 27 heavy (non-hydrogen) atoms. The molecule has 1 heterocycles. The number of hydrogen-bond donors (Lipinski definition) is 0. The second kappa shape index (κ2) is 6.85. The van der Waals surface area contributed by atoms with E-state index in [1.54, 1.807) is 6.07 Å². The minimum atomic E-state index is -0.379. The normalized spacial score (nSPS) is 10.9. The molecule has 3 aromatic carbocycles. The second-order valence-electron chi connectivity index (χ2n) is 6.03. The van der Waals surface area contributed by atoms with Gasteiger partial charge < -0.3 is 9.47 Å². The summed E-state index contributed by atoms with van der Waals surface area (Å²) in [6.45, 7) is 0. The molecule has 4 nitrogen and oxygen atoms in total. The van der Waals surface area contributed by atoms with Crippen molar-refractivity contribution in [2.75, 3.05) is 14.2 Å². The maximum absolute atomic E-state index is 12.3. The Bertz CT molecular complexity index is 1190. The Hall–Kier alpha value is -3.18. The summed E-state index contributed by atoms with van der Waals surface area (Å²) in [5.41, 5.74) is 2.24. The summed E-state index contributed by atoms with van der Waals surface area (Å²) in [5.74, 6) is -0.729. The molecule has 0 atom stereocenters. The Kier molecular flexibility index (Phi) is 4.38. The van der Waals surface area contributed by atoms with Crippen LogP contribution in [0.3, 0.4) is 0 Å². The Morgan fingerprint density at radius 1 is 0.778 bits per heavy atom. The fourth-order valence-electron chi connectivity index (χ4n) is 3.30. The lowest BCUT2D eigenvalue weighted by Crippen LogP contribution is -2.03. The SMILES string of the molecule is COC(=O)c1cc2ccc3cccc(-c4ccccc4C(=O)OC)c3c2s1. The summed E-state index contributed by atoms with van der Waals surface area (Å²) in [7, 11) is 2.76. The molecule has 0 bridgehead atoms. The minimum absolute atomic E-state index is 0.350. The largest absolute Gasteiger partial charge is 0.465 e. The number of thiophene rings is 1. The van der Waals surface area contributed by atoms with E-state index in [-0.39, 0.29) is 11.9 Å². The number of benzene rings is 3. The first-order valence-electron chi connectivity index (χ1n) is 8.35. The minimum Gasteiger partial charge on any atom is -0.465 e. The molecule has 0 aliphatic heterocycles. The molecule has 0 saturated carbocycles. The number of fused-ring (bicyclic) bond motifs is 3. The topological polar surface area (TPSA) is 52.6 Å². The van der Waals surface area contributed by atoms with Crippen LogP contribution >= 0.6 is 11.3 Å². The molecule has 0 aliphatic rings.